The zero-order chi connectivity index (χ0) is 13.9. The zero-order valence-corrected chi connectivity index (χ0v) is 9.61. The van der Waals surface area contributed by atoms with Gasteiger partial charge in [0, 0.05) is 17.4 Å². The van der Waals surface area contributed by atoms with Crippen LogP contribution in [0.4, 0.5) is 18.9 Å². The molecule has 1 aromatic carbocycles. The van der Waals surface area contributed by atoms with E-state index >= 15 is 0 Å². The molecule has 0 atom stereocenters. The first-order valence-electron chi connectivity index (χ1n) is 5.35. The van der Waals surface area contributed by atoms with Gasteiger partial charge in [0.25, 0.3) is 0 Å². The average molecular weight is 266 g/mol. The minimum absolute atomic E-state index is 0.0695. The predicted octanol–water partition coefficient (Wildman–Crippen LogP) is 3.34. The van der Waals surface area contributed by atoms with Gasteiger partial charge in [-0.1, -0.05) is 6.07 Å². The Bertz CT molecular complexity index is 582. The van der Waals surface area contributed by atoms with Gasteiger partial charge in [-0.05, 0) is 30.3 Å². The van der Waals surface area contributed by atoms with Crippen LogP contribution >= 0.6 is 0 Å². The van der Waals surface area contributed by atoms with Crippen molar-refractivity contribution in [1.29, 1.82) is 0 Å². The summed E-state index contributed by atoms with van der Waals surface area (Å²) in [6.07, 6.45) is -2.66. The van der Waals surface area contributed by atoms with Gasteiger partial charge in [0.2, 0.25) is 6.41 Å². The van der Waals surface area contributed by atoms with Crippen molar-refractivity contribution < 1.29 is 18.0 Å². The lowest BCUT2D eigenvalue weighted by Crippen LogP contribution is -2.08. The van der Waals surface area contributed by atoms with Crippen LogP contribution in [0.25, 0.3) is 11.3 Å². The summed E-state index contributed by atoms with van der Waals surface area (Å²) in [5.41, 5.74) is -0.379. The van der Waals surface area contributed by atoms with Gasteiger partial charge in [0.15, 0.2) is 0 Å². The number of pyridine rings is 1. The summed E-state index contributed by atoms with van der Waals surface area (Å²) < 4.78 is 38.8. The van der Waals surface area contributed by atoms with Crippen LogP contribution in [0.3, 0.4) is 0 Å². The smallest absolute Gasteiger partial charge is 0.329 e. The van der Waals surface area contributed by atoms with Crippen molar-refractivity contribution >= 4 is 12.1 Å². The molecule has 0 fully saturated rings. The van der Waals surface area contributed by atoms with Crippen molar-refractivity contribution in [1.82, 2.24) is 4.98 Å². The summed E-state index contributed by atoms with van der Waals surface area (Å²) in [5, 5.41) is 2.32. The molecule has 0 saturated carbocycles. The maximum absolute atomic E-state index is 12.9. The van der Waals surface area contributed by atoms with Crippen molar-refractivity contribution in [2.24, 2.45) is 0 Å². The molecule has 1 aromatic heterocycles. The molecule has 1 amide bonds. The van der Waals surface area contributed by atoms with E-state index < -0.39 is 11.7 Å². The average Bonchev–Trinajstić information content (AvgIpc) is 2.39. The van der Waals surface area contributed by atoms with E-state index in [-0.39, 0.29) is 16.9 Å². The molecule has 3 nitrogen and oxygen atoms in total. The molecule has 0 saturated heterocycles. The Morgan fingerprint density at radius 2 is 1.95 bits per heavy atom. The molecule has 0 aliphatic rings. The van der Waals surface area contributed by atoms with E-state index in [2.05, 4.69) is 10.3 Å². The number of rotatable bonds is 3. The highest BCUT2D eigenvalue weighted by Gasteiger charge is 2.34. The van der Waals surface area contributed by atoms with Crippen molar-refractivity contribution in [3.05, 3.63) is 48.2 Å². The quantitative estimate of drug-likeness (QED) is 0.866. The SMILES string of the molecule is O=CNc1ccc(C(F)(F)F)c(-c2ccccn2)c1. The summed E-state index contributed by atoms with van der Waals surface area (Å²) in [4.78, 5) is 14.3. The highest BCUT2D eigenvalue weighted by molar-refractivity contribution is 5.76. The van der Waals surface area contributed by atoms with Gasteiger partial charge in [-0.2, -0.15) is 13.2 Å². The minimum atomic E-state index is -4.48. The third kappa shape index (κ3) is 2.90. The molecular weight excluding hydrogens is 257 g/mol. The van der Waals surface area contributed by atoms with Crippen LogP contribution < -0.4 is 5.32 Å². The monoisotopic (exact) mass is 266 g/mol. The van der Waals surface area contributed by atoms with E-state index in [1.165, 1.54) is 24.4 Å². The largest absolute Gasteiger partial charge is 0.417 e. The maximum Gasteiger partial charge on any atom is 0.417 e. The Kier molecular flexibility index (Phi) is 3.50. The number of hydrogen-bond donors (Lipinski definition) is 1. The number of hydrogen-bond acceptors (Lipinski definition) is 2. The number of nitrogens with zero attached hydrogens (tertiary/aromatic N) is 1. The first kappa shape index (κ1) is 13.1. The van der Waals surface area contributed by atoms with Crippen molar-refractivity contribution in [2.75, 3.05) is 5.32 Å². The molecule has 0 radical (unpaired) electrons. The van der Waals surface area contributed by atoms with Crippen LogP contribution in [0.5, 0.6) is 0 Å². The van der Waals surface area contributed by atoms with Crippen LogP contribution in [-0.2, 0) is 11.0 Å². The molecular formula is C13H9F3N2O. The van der Waals surface area contributed by atoms with Gasteiger partial charge in [-0.15, -0.1) is 0 Å². The van der Waals surface area contributed by atoms with Crippen LogP contribution in [0.2, 0.25) is 0 Å². The number of amides is 1. The number of halogens is 3. The van der Waals surface area contributed by atoms with Crippen molar-refractivity contribution in [3.8, 4) is 11.3 Å². The number of alkyl halides is 3. The topological polar surface area (TPSA) is 42.0 Å². The van der Waals surface area contributed by atoms with Crippen molar-refractivity contribution in [2.45, 2.75) is 6.18 Å². The van der Waals surface area contributed by atoms with E-state index in [0.29, 0.717) is 6.41 Å². The highest BCUT2D eigenvalue weighted by atomic mass is 19.4. The molecule has 6 heteroatoms. The lowest BCUT2D eigenvalue weighted by Gasteiger charge is -2.13. The first-order valence-corrected chi connectivity index (χ1v) is 5.35. The van der Waals surface area contributed by atoms with Gasteiger partial charge in [-0.3, -0.25) is 9.78 Å². The Labute approximate surface area is 107 Å². The summed E-state index contributed by atoms with van der Waals surface area (Å²) in [5.74, 6) is 0. The molecule has 0 spiro atoms. The van der Waals surface area contributed by atoms with E-state index in [1.54, 1.807) is 12.1 Å². The molecule has 98 valence electrons. The summed E-state index contributed by atoms with van der Waals surface area (Å²) in [6.45, 7) is 0. The second-order valence-electron chi connectivity index (χ2n) is 3.74. The maximum atomic E-state index is 12.9. The fraction of sp³-hybridized carbons (Fsp3) is 0.0769. The Morgan fingerprint density at radius 3 is 2.53 bits per heavy atom. The van der Waals surface area contributed by atoms with Gasteiger partial charge in [0.1, 0.15) is 0 Å². The van der Waals surface area contributed by atoms with Gasteiger partial charge >= 0.3 is 6.18 Å². The van der Waals surface area contributed by atoms with E-state index in [9.17, 15) is 18.0 Å². The molecule has 1 heterocycles. The third-order valence-electron chi connectivity index (χ3n) is 2.49. The highest BCUT2D eigenvalue weighted by Crippen LogP contribution is 2.37. The lowest BCUT2D eigenvalue weighted by molar-refractivity contribution is -0.137. The summed E-state index contributed by atoms with van der Waals surface area (Å²) >= 11 is 0. The molecule has 0 unspecified atom stereocenters. The van der Waals surface area contributed by atoms with Crippen molar-refractivity contribution in [3.63, 3.8) is 0 Å². The van der Waals surface area contributed by atoms with E-state index in [1.807, 2.05) is 0 Å². The zero-order valence-electron chi connectivity index (χ0n) is 9.61. The number of anilines is 1. The molecule has 2 aromatic rings. The molecule has 0 bridgehead atoms. The van der Waals surface area contributed by atoms with E-state index in [4.69, 9.17) is 0 Å². The lowest BCUT2D eigenvalue weighted by atomic mass is 10.0. The summed E-state index contributed by atoms with van der Waals surface area (Å²) in [6, 6.07) is 8.07. The fourth-order valence-corrected chi connectivity index (χ4v) is 1.68. The normalized spacial score (nSPS) is 11.1. The number of carbonyl (C=O) groups excluding carboxylic acids is 1. The van der Waals surface area contributed by atoms with E-state index in [0.717, 1.165) is 6.07 Å². The summed E-state index contributed by atoms with van der Waals surface area (Å²) in [7, 11) is 0. The molecule has 0 aliphatic heterocycles. The molecule has 2 rings (SSSR count). The Morgan fingerprint density at radius 1 is 1.16 bits per heavy atom. The second-order valence-corrected chi connectivity index (χ2v) is 3.74. The van der Waals surface area contributed by atoms with Crippen LogP contribution in [-0.4, -0.2) is 11.4 Å². The van der Waals surface area contributed by atoms with Crippen LogP contribution in [0.1, 0.15) is 5.56 Å². The standard InChI is InChI=1S/C13H9F3N2O/c14-13(15,16)11-5-4-9(18-8-19)7-10(11)12-3-1-2-6-17-12/h1-8H,(H,18,19). The van der Waals surface area contributed by atoms with Gasteiger partial charge < -0.3 is 5.32 Å². The van der Waals surface area contributed by atoms with Crippen LogP contribution in [0.15, 0.2) is 42.6 Å². The third-order valence-corrected chi connectivity index (χ3v) is 2.49. The Hall–Kier alpha value is -2.37. The molecule has 0 aliphatic carbocycles. The fourth-order valence-electron chi connectivity index (χ4n) is 1.68. The van der Waals surface area contributed by atoms with Crippen LogP contribution in [0, 0.1) is 0 Å². The van der Waals surface area contributed by atoms with Gasteiger partial charge in [-0.25, -0.2) is 0 Å². The predicted molar refractivity (Wildman–Crippen MR) is 64.4 cm³/mol. The number of benzene rings is 1. The van der Waals surface area contributed by atoms with Gasteiger partial charge in [0.05, 0.1) is 11.3 Å². The minimum Gasteiger partial charge on any atom is -0.329 e. The molecule has 19 heavy (non-hydrogen) atoms. The number of carbonyl (C=O) groups is 1. The number of nitrogens with one attached hydrogen (secondary N) is 1. The number of aromatic nitrogens is 1. The molecule has 1 N–H and O–H groups in total. The first-order chi connectivity index (χ1) is 9.02. The Balaban J connectivity index is 2.60. The second kappa shape index (κ2) is 5.09.